The lowest BCUT2D eigenvalue weighted by Gasteiger charge is -2.16. The standard InChI is InChI=1S/C13H14ClN3OS/c1-8-16-6-10(19-8)7-17(2)13(18)9-3-4-11(14)12(15)5-9/h3-6H,7,15H2,1-2H3. The van der Waals surface area contributed by atoms with E-state index in [4.69, 9.17) is 17.3 Å². The maximum atomic E-state index is 12.2. The Bertz CT molecular complexity index is 612. The molecule has 100 valence electrons. The van der Waals surface area contributed by atoms with Crippen molar-refractivity contribution in [2.24, 2.45) is 0 Å². The van der Waals surface area contributed by atoms with Crippen molar-refractivity contribution in [3.05, 3.63) is 44.9 Å². The summed E-state index contributed by atoms with van der Waals surface area (Å²) < 4.78 is 0. The molecule has 6 heteroatoms. The van der Waals surface area contributed by atoms with E-state index in [1.807, 2.05) is 6.92 Å². The minimum absolute atomic E-state index is 0.0885. The van der Waals surface area contributed by atoms with Crippen LogP contribution in [-0.2, 0) is 6.54 Å². The lowest BCUT2D eigenvalue weighted by atomic mass is 10.2. The van der Waals surface area contributed by atoms with Crippen LogP contribution in [0.15, 0.2) is 24.4 Å². The van der Waals surface area contributed by atoms with Gasteiger partial charge in [-0.15, -0.1) is 11.3 Å². The van der Waals surface area contributed by atoms with Gasteiger partial charge in [-0.1, -0.05) is 11.6 Å². The summed E-state index contributed by atoms with van der Waals surface area (Å²) in [6.07, 6.45) is 1.79. The van der Waals surface area contributed by atoms with Crippen molar-refractivity contribution in [1.29, 1.82) is 0 Å². The van der Waals surface area contributed by atoms with Crippen LogP contribution in [0.5, 0.6) is 0 Å². The summed E-state index contributed by atoms with van der Waals surface area (Å²) in [5.74, 6) is -0.0885. The first-order valence-corrected chi connectivity index (χ1v) is 6.88. The average molecular weight is 296 g/mol. The quantitative estimate of drug-likeness (QED) is 0.886. The number of thiazole rings is 1. The summed E-state index contributed by atoms with van der Waals surface area (Å²) in [5, 5.41) is 1.45. The first kappa shape index (κ1) is 13.8. The smallest absolute Gasteiger partial charge is 0.253 e. The molecular weight excluding hydrogens is 282 g/mol. The van der Waals surface area contributed by atoms with Gasteiger partial charge in [-0.3, -0.25) is 4.79 Å². The first-order valence-electron chi connectivity index (χ1n) is 5.69. The zero-order valence-corrected chi connectivity index (χ0v) is 12.3. The third-order valence-electron chi connectivity index (χ3n) is 2.65. The van der Waals surface area contributed by atoms with Gasteiger partial charge in [0.25, 0.3) is 5.91 Å². The molecule has 0 aliphatic heterocycles. The predicted octanol–water partition coefficient (Wildman–Crippen LogP) is 2.96. The van der Waals surface area contributed by atoms with Crippen LogP contribution in [0.1, 0.15) is 20.2 Å². The topological polar surface area (TPSA) is 59.2 Å². The fourth-order valence-electron chi connectivity index (χ4n) is 1.68. The van der Waals surface area contributed by atoms with Crippen molar-refractivity contribution in [3.8, 4) is 0 Å². The summed E-state index contributed by atoms with van der Waals surface area (Å²) in [6, 6.07) is 4.91. The Labute approximate surface area is 120 Å². The van der Waals surface area contributed by atoms with E-state index in [0.29, 0.717) is 22.8 Å². The van der Waals surface area contributed by atoms with E-state index in [1.54, 1.807) is 47.7 Å². The normalized spacial score (nSPS) is 10.5. The number of carbonyl (C=O) groups is 1. The van der Waals surface area contributed by atoms with E-state index in [9.17, 15) is 4.79 Å². The molecule has 0 aliphatic carbocycles. The van der Waals surface area contributed by atoms with Gasteiger partial charge < -0.3 is 10.6 Å². The second-order valence-electron chi connectivity index (χ2n) is 4.24. The molecule has 0 atom stereocenters. The zero-order valence-electron chi connectivity index (χ0n) is 10.7. The van der Waals surface area contributed by atoms with Crippen LogP contribution in [-0.4, -0.2) is 22.8 Å². The van der Waals surface area contributed by atoms with Gasteiger partial charge >= 0.3 is 0 Å². The summed E-state index contributed by atoms with van der Waals surface area (Å²) in [4.78, 5) is 19.1. The van der Waals surface area contributed by atoms with E-state index in [-0.39, 0.29) is 5.91 Å². The van der Waals surface area contributed by atoms with Crippen LogP contribution in [0.4, 0.5) is 5.69 Å². The van der Waals surface area contributed by atoms with E-state index >= 15 is 0 Å². The molecule has 0 aliphatic rings. The van der Waals surface area contributed by atoms with Crippen LogP contribution in [0.25, 0.3) is 0 Å². The van der Waals surface area contributed by atoms with Gasteiger partial charge in [0.05, 0.1) is 22.3 Å². The van der Waals surface area contributed by atoms with Crippen molar-refractivity contribution in [2.75, 3.05) is 12.8 Å². The Morgan fingerprint density at radius 2 is 2.26 bits per heavy atom. The summed E-state index contributed by atoms with van der Waals surface area (Å²) in [6.45, 7) is 2.47. The number of nitrogens with zero attached hydrogens (tertiary/aromatic N) is 2. The Balaban J connectivity index is 2.12. The maximum absolute atomic E-state index is 12.2. The molecule has 1 heterocycles. The largest absolute Gasteiger partial charge is 0.398 e. The number of aromatic nitrogens is 1. The van der Waals surface area contributed by atoms with Crippen molar-refractivity contribution in [2.45, 2.75) is 13.5 Å². The molecule has 1 amide bonds. The Kier molecular flexibility index (Phi) is 4.07. The molecule has 0 unspecified atom stereocenters. The molecule has 0 spiro atoms. The third-order valence-corrected chi connectivity index (χ3v) is 3.89. The van der Waals surface area contributed by atoms with Gasteiger partial charge in [0, 0.05) is 23.7 Å². The fourth-order valence-corrected chi connectivity index (χ4v) is 2.65. The number of nitrogens with two attached hydrogens (primary N) is 1. The van der Waals surface area contributed by atoms with Crippen LogP contribution in [0, 0.1) is 6.92 Å². The highest BCUT2D eigenvalue weighted by atomic mass is 35.5. The van der Waals surface area contributed by atoms with Crippen molar-refractivity contribution >= 4 is 34.5 Å². The minimum atomic E-state index is -0.0885. The van der Waals surface area contributed by atoms with Crippen LogP contribution in [0.2, 0.25) is 5.02 Å². The molecule has 0 saturated carbocycles. The van der Waals surface area contributed by atoms with Gasteiger partial charge in [-0.25, -0.2) is 4.98 Å². The highest BCUT2D eigenvalue weighted by molar-refractivity contribution is 7.11. The molecule has 0 bridgehead atoms. The molecule has 0 radical (unpaired) electrons. The molecule has 2 N–H and O–H groups in total. The monoisotopic (exact) mass is 295 g/mol. The Morgan fingerprint density at radius 3 is 2.84 bits per heavy atom. The lowest BCUT2D eigenvalue weighted by molar-refractivity contribution is 0.0786. The summed E-state index contributed by atoms with van der Waals surface area (Å²) >= 11 is 7.42. The van der Waals surface area contributed by atoms with Crippen molar-refractivity contribution in [1.82, 2.24) is 9.88 Å². The first-order chi connectivity index (χ1) is 8.97. The highest BCUT2D eigenvalue weighted by Gasteiger charge is 2.14. The molecule has 19 heavy (non-hydrogen) atoms. The van der Waals surface area contributed by atoms with Gasteiger partial charge in [0.1, 0.15) is 0 Å². The number of aryl methyl sites for hydroxylation is 1. The molecule has 2 aromatic rings. The molecule has 2 rings (SSSR count). The molecule has 1 aromatic heterocycles. The number of carbonyl (C=O) groups excluding carboxylic acids is 1. The van der Waals surface area contributed by atoms with Crippen LogP contribution in [0.3, 0.4) is 0 Å². The lowest BCUT2D eigenvalue weighted by Crippen LogP contribution is -2.25. The van der Waals surface area contributed by atoms with E-state index in [2.05, 4.69) is 4.98 Å². The van der Waals surface area contributed by atoms with Crippen molar-refractivity contribution < 1.29 is 4.79 Å². The van der Waals surface area contributed by atoms with Crippen LogP contribution < -0.4 is 5.73 Å². The van der Waals surface area contributed by atoms with Gasteiger partial charge in [0.15, 0.2) is 0 Å². The maximum Gasteiger partial charge on any atom is 0.253 e. The van der Waals surface area contributed by atoms with Gasteiger partial charge in [0.2, 0.25) is 0 Å². The summed E-state index contributed by atoms with van der Waals surface area (Å²) in [5.41, 5.74) is 6.65. The number of rotatable bonds is 3. The van der Waals surface area contributed by atoms with E-state index < -0.39 is 0 Å². The van der Waals surface area contributed by atoms with E-state index in [0.717, 1.165) is 9.88 Å². The molecule has 4 nitrogen and oxygen atoms in total. The number of halogens is 1. The second-order valence-corrected chi connectivity index (χ2v) is 5.97. The molecular formula is C13H14ClN3OS. The Hall–Kier alpha value is -1.59. The fraction of sp³-hybridized carbons (Fsp3) is 0.231. The molecule has 0 fully saturated rings. The molecule has 0 saturated heterocycles. The predicted molar refractivity (Wildman–Crippen MR) is 78.5 cm³/mol. The van der Waals surface area contributed by atoms with Crippen LogP contribution >= 0.6 is 22.9 Å². The number of amides is 1. The minimum Gasteiger partial charge on any atom is -0.398 e. The van der Waals surface area contributed by atoms with Gasteiger partial charge in [-0.05, 0) is 25.1 Å². The number of benzene rings is 1. The summed E-state index contributed by atoms with van der Waals surface area (Å²) in [7, 11) is 1.75. The van der Waals surface area contributed by atoms with Gasteiger partial charge in [-0.2, -0.15) is 0 Å². The third kappa shape index (κ3) is 3.24. The number of anilines is 1. The zero-order chi connectivity index (χ0) is 14.0. The number of hydrogen-bond acceptors (Lipinski definition) is 4. The number of nitrogen functional groups attached to an aromatic ring is 1. The Morgan fingerprint density at radius 1 is 1.53 bits per heavy atom. The average Bonchev–Trinajstić information content (AvgIpc) is 2.77. The SMILES string of the molecule is Cc1ncc(CN(C)C(=O)c2ccc(Cl)c(N)c2)s1. The second kappa shape index (κ2) is 5.59. The number of hydrogen-bond donors (Lipinski definition) is 1. The van der Waals surface area contributed by atoms with Crippen molar-refractivity contribution in [3.63, 3.8) is 0 Å². The molecule has 1 aromatic carbocycles. The van der Waals surface area contributed by atoms with E-state index in [1.165, 1.54) is 0 Å². The highest BCUT2D eigenvalue weighted by Crippen LogP contribution is 2.21.